The minimum absolute atomic E-state index is 0.147. The van der Waals surface area contributed by atoms with Crippen LogP contribution < -0.4 is 10.6 Å². The third-order valence-electron chi connectivity index (χ3n) is 7.54. The molecule has 0 saturated heterocycles. The number of carbonyl (C=O) groups is 3. The number of hydrogen-bond donors (Lipinski definition) is 4. The largest absolute Gasteiger partial charge is 0.480 e. The van der Waals surface area contributed by atoms with Crippen LogP contribution in [-0.2, 0) is 30.3 Å². The molecule has 10 heteroatoms. The Kier molecular flexibility index (Phi) is 15.7. The lowest BCUT2D eigenvalue weighted by Crippen LogP contribution is -2.49. The van der Waals surface area contributed by atoms with E-state index in [1.54, 1.807) is 0 Å². The molecule has 0 radical (unpaired) electrons. The van der Waals surface area contributed by atoms with E-state index in [0.717, 1.165) is 74.2 Å². The van der Waals surface area contributed by atoms with Gasteiger partial charge in [-0.3, -0.25) is 4.79 Å². The van der Waals surface area contributed by atoms with Gasteiger partial charge in [0.2, 0.25) is 0 Å². The highest BCUT2D eigenvalue weighted by Crippen LogP contribution is 2.20. The Balaban J connectivity index is 1.36. The average molecular weight is 641 g/mol. The molecule has 4 N–H and O–H groups in total. The summed E-state index contributed by atoms with van der Waals surface area (Å²) in [4.78, 5) is 35.8. The summed E-state index contributed by atoms with van der Waals surface area (Å²) in [5.74, 6) is -3.40. The molecule has 1 amide bonds. The first-order valence-corrected chi connectivity index (χ1v) is 16.1. The summed E-state index contributed by atoms with van der Waals surface area (Å²) in [7, 11) is 0. The molecule has 9 nitrogen and oxygen atoms in total. The van der Waals surface area contributed by atoms with Crippen molar-refractivity contribution in [3.63, 3.8) is 0 Å². The molecular weight excluding hydrogens is 596 g/mol. The standard InChI is InChI=1S/C35H45ClN2O7/c1-25-15-18-29(23-30(25)36)37-19-9-4-5-11-21-44-32(33(35(42)43)45-24-31(39)40)34(41)38-20-10-3-2-6-12-26-16-17-27-13-7-8-14-28(27)22-26/h7-8,13-18,22-23,32-33,37H,2-6,9-12,19-21,24H2,1H3,(H,38,41)(H,39,40)(H,42,43). The Hall–Kier alpha value is -3.66. The number of aryl methyl sites for hydroxylation is 2. The number of halogens is 1. The third kappa shape index (κ3) is 13.1. The molecule has 2 unspecified atom stereocenters. The number of anilines is 1. The zero-order valence-corrected chi connectivity index (χ0v) is 26.7. The first kappa shape index (κ1) is 35.8. The van der Waals surface area contributed by atoms with Gasteiger partial charge in [-0.25, -0.2) is 9.59 Å². The fourth-order valence-corrected chi connectivity index (χ4v) is 5.17. The molecule has 0 fully saturated rings. The van der Waals surface area contributed by atoms with Crippen LogP contribution in [0.15, 0.2) is 60.7 Å². The quantitative estimate of drug-likeness (QED) is 0.0899. The minimum atomic E-state index is -1.73. The van der Waals surface area contributed by atoms with E-state index in [4.69, 9.17) is 26.2 Å². The van der Waals surface area contributed by atoms with Gasteiger partial charge in [0.15, 0.2) is 12.2 Å². The molecule has 0 aromatic heterocycles. The molecule has 0 bridgehead atoms. The van der Waals surface area contributed by atoms with Gasteiger partial charge in [0.25, 0.3) is 5.91 Å². The number of nitrogens with one attached hydrogen (secondary N) is 2. The van der Waals surface area contributed by atoms with Gasteiger partial charge in [-0.05, 0) is 73.1 Å². The summed E-state index contributed by atoms with van der Waals surface area (Å²) >= 11 is 6.17. The second kappa shape index (κ2) is 19.7. The Bertz CT molecular complexity index is 1380. The lowest BCUT2D eigenvalue weighted by Gasteiger charge is -2.23. The van der Waals surface area contributed by atoms with Crippen molar-refractivity contribution in [1.82, 2.24) is 5.32 Å². The Morgan fingerprint density at radius 3 is 2.22 bits per heavy atom. The highest BCUT2D eigenvalue weighted by molar-refractivity contribution is 6.31. The van der Waals surface area contributed by atoms with Gasteiger partial charge >= 0.3 is 11.9 Å². The van der Waals surface area contributed by atoms with Gasteiger partial charge in [-0.1, -0.05) is 85.8 Å². The normalized spacial score (nSPS) is 12.5. The topological polar surface area (TPSA) is 134 Å². The number of carboxylic acids is 2. The maximum Gasteiger partial charge on any atom is 0.336 e. The van der Waals surface area contributed by atoms with Crippen LogP contribution in [0.3, 0.4) is 0 Å². The number of aliphatic carboxylic acids is 2. The summed E-state index contributed by atoms with van der Waals surface area (Å²) in [6.07, 6.45) is 4.70. The number of ether oxygens (including phenoxy) is 2. The molecule has 0 saturated carbocycles. The lowest BCUT2D eigenvalue weighted by molar-refractivity contribution is -0.172. The van der Waals surface area contributed by atoms with Gasteiger partial charge < -0.3 is 30.3 Å². The molecule has 0 heterocycles. The number of carboxylic acid groups (broad SMARTS) is 2. The van der Waals surface area contributed by atoms with Crippen molar-refractivity contribution in [1.29, 1.82) is 0 Å². The number of unbranched alkanes of at least 4 members (excludes halogenated alkanes) is 6. The summed E-state index contributed by atoms with van der Waals surface area (Å²) in [6.45, 7) is 2.39. The zero-order valence-electron chi connectivity index (χ0n) is 25.9. The second-order valence-electron chi connectivity index (χ2n) is 11.2. The summed E-state index contributed by atoms with van der Waals surface area (Å²) < 4.78 is 10.7. The molecule has 0 aliphatic carbocycles. The first-order chi connectivity index (χ1) is 21.7. The van der Waals surface area contributed by atoms with Gasteiger partial charge in [0, 0.05) is 30.4 Å². The van der Waals surface area contributed by atoms with E-state index >= 15 is 0 Å². The number of benzene rings is 3. The number of carbonyl (C=O) groups excluding carboxylic acids is 1. The molecule has 0 aliphatic heterocycles. The highest BCUT2D eigenvalue weighted by Gasteiger charge is 2.36. The Morgan fingerprint density at radius 2 is 1.49 bits per heavy atom. The van der Waals surface area contributed by atoms with Crippen LogP contribution in [0.4, 0.5) is 5.69 Å². The van der Waals surface area contributed by atoms with E-state index in [0.29, 0.717) is 13.0 Å². The maximum absolute atomic E-state index is 13.0. The predicted molar refractivity (Wildman–Crippen MR) is 177 cm³/mol. The molecule has 3 aromatic rings. The van der Waals surface area contributed by atoms with Crippen LogP contribution in [-0.4, -0.2) is 66.6 Å². The average Bonchev–Trinajstić information content (AvgIpc) is 3.02. The molecular formula is C35H45ClN2O7. The van der Waals surface area contributed by atoms with Crippen LogP contribution in [0.5, 0.6) is 0 Å². The highest BCUT2D eigenvalue weighted by atomic mass is 35.5. The Labute approximate surface area is 270 Å². The Morgan fingerprint density at radius 1 is 0.778 bits per heavy atom. The zero-order chi connectivity index (χ0) is 32.4. The van der Waals surface area contributed by atoms with Gasteiger partial charge in [0.05, 0.1) is 0 Å². The third-order valence-corrected chi connectivity index (χ3v) is 7.95. The molecule has 45 heavy (non-hydrogen) atoms. The van der Waals surface area contributed by atoms with E-state index < -0.39 is 36.7 Å². The van der Waals surface area contributed by atoms with Crippen LogP contribution >= 0.6 is 11.6 Å². The van der Waals surface area contributed by atoms with Crippen molar-refractivity contribution in [3.05, 3.63) is 76.8 Å². The molecule has 244 valence electrons. The van der Waals surface area contributed by atoms with Gasteiger partial charge in [-0.15, -0.1) is 0 Å². The number of fused-ring (bicyclic) bond motifs is 1. The molecule has 2 atom stereocenters. The van der Waals surface area contributed by atoms with Crippen molar-refractivity contribution < 1.29 is 34.1 Å². The lowest BCUT2D eigenvalue weighted by atomic mass is 10.0. The first-order valence-electron chi connectivity index (χ1n) is 15.7. The van der Waals surface area contributed by atoms with E-state index in [1.807, 2.05) is 37.3 Å². The van der Waals surface area contributed by atoms with Crippen molar-refractivity contribution in [3.8, 4) is 0 Å². The molecule has 0 aliphatic rings. The van der Waals surface area contributed by atoms with E-state index in [-0.39, 0.29) is 6.61 Å². The fraction of sp³-hybridized carbons (Fsp3) is 0.457. The van der Waals surface area contributed by atoms with Crippen molar-refractivity contribution in [2.45, 2.75) is 76.9 Å². The van der Waals surface area contributed by atoms with Crippen molar-refractivity contribution in [2.75, 3.05) is 31.6 Å². The number of amides is 1. The van der Waals surface area contributed by atoms with Crippen LogP contribution in [0.2, 0.25) is 5.02 Å². The van der Waals surface area contributed by atoms with Crippen LogP contribution in [0.1, 0.15) is 62.5 Å². The number of hydrogen-bond acceptors (Lipinski definition) is 6. The SMILES string of the molecule is Cc1ccc(NCCCCCCOC(C(=O)NCCCCCCc2ccc3ccccc3c2)C(OCC(=O)O)C(=O)O)cc1Cl. The minimum Gasteiger partial charge on any atom is -0.480 e. The van der Waals surface area contributed by atoms with Crippen LogP contribution in [0, 0.1) is 6.92 Å². The fourth-order valence-electron chi connectivity index (χ4n) is 4.99. The second-order valence-corrected chi connectivity index (χ2v) is 11.6. The van der Waals surface area contributed by atoms with E-state index in [1.165, 1.54) is 16.3 Å². The van der Waals surface area contributed by atoms with Gasteiger partial charge in [0.1, 0.15) is 6.61 Å². The van der Waals surface area contributed by atoms with E-state index in [9.17, 15) is 19.5 Å². The summed E-state index contributed by atoms with van der Waals surface area (Å²) in [5.41, 5.74) is 3.29. The number of rotatable bonds is 22. The van der Waals surface area contributed by atoms with Gasteiger partial charge in [-0.2, -0.15) is 0 Å². The molecule has 0 spiro atoms. The summed E-state index contributed by atoms with van der Waals surface area (Å²) in [6, 6.07) is 20.7. The molecule has 3 rings (SSSR count). The predicted octanol–water partition coefficient (Wildman–Crippen LogP) is 6.63. The smallest absolute Gasteiger partial charge is 0.336 e. The molecule has 3 aromatic carbocycles. The van der Waals surface area contributed by atoms with Crippen molar-refractivity contribution >= 4 is 45.9 Å². The van der Waals surface area contributed by atoms with E-state index in [2.05, 4.69) is 41.0 Å². The summed E-state index contributed by atoms with van der Waals surface area (Å²) in [5, 5.41) is 27.9. The van der Waals surface area contributed by atoms with Crippen LogP contribution in [0.25, 0.3) is 10.8 Å². The van der Waals surface area contributed by atoms with Crippen molar-refractivity contribution in [2.24, 2.45) is 0 Å². The maximum atomic E-state index is 13.0. The monoisotopic (exact) mass is 640 g/mol.